The summed E-state index contributed by atoms with van der Waals surface area (Å²) in [5.41, 5.74) is 0.657. The summed E-state index contributed by atoms with van der Waals surface area (Å²) in [7, 11) is 0. The minimum atomic E-state index is -4.75. The number of carbonyl (C=O) groups is 1. The SMILES string of the molecule is CCCC[C@H](NCc1ccc(OC(F)(F)F)c(Br)c1)C(=O)O. The Morgan fingerprint density at radius 1 is 1.45 bits per heavy atom. The average Bonchev–Trinajstić information content (AvgIpc) is 2.40. The maximum atomic E-state index is 12.2. The first-order valence-electron chi connectivity index (χ1n) is 6.73. The van der Waals surface area contributed by atoms with Gasteiger partial charge >= 0.3 is 12.3 Å². The summed E-state index contributed by atoms with van der Waals surface area (Å²) in [4.78, 5) is 11.1. The van der Waals surface area contributed by atoms with Gasteiger partial charge in [-0.2, -0.15) is 0 Å². The van der Waals surface area contributed by atoms with Crippen molar-refractivity contribution in [3.63, 3.8) is 0 Å². The van der Waals surface area contributed by atoms with E-state index in [1.807, 2.05) is 6.92 Å². The maximum Gasteiger partial charge on any atom is 0.573 e. The van der Waals surface area contributed by atoms with E-state index in [1.54, 1.807) is 0 Å². The van der Waals surface area contributed by atoms with Crippen LogP contribution in [0.2, 0.25) is 0 Å². The van der Waals surface area contributed by atoms with Crippen molar-refractivity contribution in [1.82, 2.24) is 5.32 Å². The molecule has 0 aliphatic heterocycles. The van der Waals surface area contributed by atoms with Gasteiger partial charge in [0.15, 0.2) is 0 Å². The van der Waals surface area contributed by atoms with Crippen LogP contribution in [0, 0.1) is 0 Å². The number of hydrogen-bond acceptors (Lipinski definition) is 3. The quantitative estimate of drug-likeness (QED) is 0.709. The van der Waals surface area contributed by atoms with E-state index >= 15 is 0 Å². The fraction of sp³-hybridized carbons (Fsp3) is 0.500. The molecular weight excluding hydrogens is 367 g/mol. The van der Waals surface area contributed by atoms with Crippen molar-refractivity contribution in [3.8, 4) is 5.75 Å². The van der Waals surface area contributed by atoms with Crippen LogP contribution in [0.1, 0.15) is 31.7 Å². The van der Waals surface area contributed by atoms with Crippen LogP contribution in [0.5, 0.6) is 5.75 Å². The van der Waals surface area contributed by atoms with Gasteiger partial charge in [-0.05, 0) is 40.0 Å². The Kier molecular flexibility index (Phi) is 7.15. The Hall–Kier alpha value is -1.28. The number of nitrogens with one attached hydrogen (secondary N) is 1. The Morgan fingerprint density at radius 2 is 2.14 bits per heavy atom. The van der Waals surface area contributed by atoms with Crippen LogP contribution in [-0.2, 0) is 11.3 Å². The Bertz CT molecular complexity index is 509. The van der Waals surface area contributed by atoms with Crippen molar-refractivity contribution < 1.29 is 27.8 Å². The average molecular weight is 384 g/mol. The van der Waals surface area contributed by atoms with Crippen LogP contribution in [0.25, 0.3) is 0 Å². The normalized spacial score (nSPS) is 13.0. The molecule has 0 saturated heterocycles. The second kappa shape index (κ2) is 8.38. The van der Waals surface area contributed by atoms with E-state index in [0.29, 0.717) is 12.0 Å². The molecule has 0 radical (unpaired) electrons. The van der Waals surface area contributed by atoms with E-state index in [4.69, 9.17) is 5.11 Å². The maximum absolute atomic E-state index is 12.2. The first kappa shape index (κ1) is 18.8. The molecule has 2 N–H and O–H groups in total. The van der Waals surface area contributed by atoms with Crippen molar-refractivity contribution in [2.45, 2.75) is 45.1 Å². The fourth-order valence-electron chi connectivity index (χ4n) is 1.82. The highest BCUT2D eigenvalue weighted by molar-refractivity contribution is 9.10. The molecule has 1 aromatic rings. The molecule has 1 atom stereocenters. The van der Waals surface area contributed by atoms with Crippen LogP contribution < -0.4 is 10.1 Å². The number of rotatable bonds is 8. The molecule has 0 heterocycles. The summed E-state index contributed by atoms with van der Waals surface area (Å²) in [6, 6.07) is 3.44. The lowest BCUT2D eigenvalue weighted by Crippen LogP contribution is -2.36. The van der Waals surface area contributed by atoms with Gasteiger partial charge in [0.05, 0.1) is 4.47 Å². The molecule has 8 heteroatoms. The van der Waals surface area contributed by atoms with Crippen LogP contribution in [0.3, 0.4) is 0 Å². The van der Waals surface area contributed by atoms with Gasteiger partial charge in [0.2, 0.25) is 0 Å². The van der Waals surface area contributed by atoms with Crippen molar-refractivity contribution in [2.75, 3.05) is 0 Å². The van der Waals surface area contributed by atoms with Gasteiger partial charge in [0.1, 0.15) is 11.8 Å². The van der Waals surface area contributed by atoms with Gasteiger partial charge in [0, 0.05) is 6.54 Å². The molecule has 0 amide bonds. The van der Waals surface area contributed by atoms with E-state index < -0.39 is 18.4 Å². The van der Waals surface area contributed by atoms with E-state index in [-0.39, 0.29) is 16.8 Å². The van der Waals surface area contributed by atoms with E-state index in [9.17, 15) is 18.0 Å². The third-order valence-electron chi connectivity index (χ3n) is 2.92. The highest BCUT2D eigenvalue weighted by Gasteiger charge is 2.31. The van der Waals surface area contributed by atoms with Crippen molar-refractivity contribution in [3.05, 3.63) is 28.2 Å². The van der Waals surface area contributed by atoms with E-state index in [2.05, 4.69) is 26.0 Å². The monoisotopic (exact) mass is 383 g/mol. The molecule has 22 heavy (non-hydrogen) atoms. The predicted molar refractivity (Wildman–Crippen MR) is 78.6 cm³/mol. The zero-order valence-corrected chi connectivity index (χ0v) is 13.5. The van der Waals surface area contributed by atoms with Crippen LogP contribution in [0.4, 0.5) is 13.2 Å². The van der Waals surface area contributed by atoms with Crippen LogP contribution in [-0.4, -0.2) is 23.5 Å². The zero-order chi connectivity index (χ0) is 16.8. The molecule has 0 aliphatic carbocycles. The first-order chi connectivity index (χ1) is 10.2. The third kappa shape index (κ3) is 6.65. The number of ether oxygens (including phenoxy) is 1. The Balaban J connectivity index is 2.66. The molecule has 0 saturated carbocycles. The van der Waals surface area contributed by atoms with Gasteiger partial charge in [0.25, 0.3) is 0 Å². The number of unbranched alkanes of at least 4 members (excludes halogenated alkanes) is 1. The number of hydrogen-bond donors (Lipinski definition) is 2. The molecule has 1 rings (SSSR count). The lowest BCUT2D eigenvalue weighted by atomic mass is 10.1. The number of alkyl halides is 3. The summed E-state index contributed by atoms with van der Waals surface area (Å²) in [6.07, 6.45) is -2.58. The summed E-state index contributed by atoms with van der Waals surface area (Å²) < 4.78 is 40.5. The molecule has 0 fully saturated rings. The minimum absolute atomic E-state index is 0.157. The van der Waals surface area contributed by atoms with Gasteiger partial charge in [-0.15, -0.1) is 13.2 Å². The number of carboxylic acids is 1. The highest BCUT2D eigenvalue weighted by atomic mass is 79.9. The lowest BCUT2D eigenvalue weighted by Gasteiger charge is -2.15. The molecule has 0 spiro atoms. The molecular formula is C14H17BrF3NO3. The van der Waals surface area contributed by atoms with Crippen molar-refractivity contribution >= 4 is 21.9 Å². The number of halogens is 4. The van der Waals surface area contributed by atoms with Crippen molar-refractivity contribution in [1.29, 1.82) is 0 Å². The Morgan fingerprint density at radius 3 is 2.64 bits per heavy atom. The molecule has 0 aliphatic rings. The number of carboxylic acid groups (broad SMARTS) is 1. The number of benzene rings is 1. The van der Waals surface area contributed by atoms with Crippen LogP contribution >= 0.6 is 15.9 Å². The highest BCUT2D eigenvalue weighted by Crippen LogP contribution is 2.31. The third-order valence-corrected chi connectivity index (χ3v) is 3.54. The van der Waals surface area contributed by atoms with E-state index in [0.717, 1.165) is 12.8 Å². The minimum Gasteiger partial charge on any atom is -0.480 e. The largest absolute Gasteiger partial charge is 0.573 e. The predicted octanol–water partition coefficient (Wildman–Crippen LogP) is 4.08. The van der Waals surface area contributed by atoms with Crippen LogP contribution in [0.15, 0.2) is 22.7 Å². The zero-order valence-electron chi connectivity index (χ0n) is 11.9. The second-order valence-electron chi connectivity index (χ2n) is 4.73. The summed E-state index contributed by atoms with van der Waals surface area (Å²) >= 11 is 3.01. The fourth-order valence-corrected chi connectivity index (χ4v) is 2.33. The first-order valence-corrected chi connectivity index (χ1v) is 7.52. The van der Waals surface area contributed by atoms with Crippen molar-refractivity contribution in [2.24, 2.45) is 0 Å². The summed E-state index contributed by atoms with van der Waals surface area (Å²) in [6.45, 7) is 2.21. The van der Waals surface area contributed by atoms with Gasteiger partial charge in [-0.3, -0.25) is 4.79 Å². The summed E-state index contributed by atoms with van der Waals surface area (Å²) in [5, 5.41) is 12.0. The molecule has 124 valence electrons. The topological polar surface area (TPSA) is 58.6 Å². The standard InChI is InChI=1S/C14H17BrF3NO3/c1-2-3-4-11(13(20)21)19-8-9-5-6-12(10(15)7-9)22-14(16,17)18/h5-7,11,19H,2-4,8H2,1H3,(H,20,21)/t11-/m0/s1. The summed E-state index contributed by atoms with van der Waals surface area (Å²) in [5.74, 6) is -1.28. The molecule has 0 unspecified atom stereocenters. The smallest absolute Gasteiger partial charge is 0.480 e. The lowest BCUT2D eigenvalue weighted by molar-refractivity contribution is -0.274. The van der Waals surface area contributed by atoms with E-state index in [1.165, 1.54) is 18.2 Å². The number of aliphatic carboxylic acids is 1. The van der Waals surface area contributed by atoms with Gasteiger partial charge in [-0.25, -0.2) is 0 Å². The molecule has 1 aromatic carbocycles. The molecule has 0 bridgehead atoms. The molecule has 0 aromatic heterocycles. The Labute approximate surface area is 134 Å². The second-order valence-corrected chi connectivity index (χ2v) is 5.58. The van der Waals surface area contributed by atoms with Gasteiger partial charge < -0.3 is 15.2 Å². The van der Waals surface area contributed by atoms with Gasteiger partial charge in [-0.1, -0.05) is 25.8 Å². The molecule has 4 nitrogen and oxygen atoms in total.